The van der Waals surface area contributed by atoms with E-state index < -0.39 is 24.7 Å². The Morgan fingerprint density at radius 1 is 1.25 bits per heavy atom. The lowest BCUT2D eigenvalue weighted by Gasteiger charge is -2.36. The highest BCUT2D eigenvalue weighted by Gasteiger charge is 2.43. The largest absolute Gasteiger partial charge is 0.405 e. The van der Waals surface area contributed by atoms with Crippen molar-refractivity contribution >= 4 is 29.9 Å². The van der Waals surface area contributed by atoms with E-state index >= 15 is 0 Å². The van der Waals surface area contributed by atoms with Crippen molar-refractivity contribution in [3.8, 4) is 0 Å². The zero-order valence-corrected chi connectivity index (χ0v) is 16.7. The van der Waals surface area contributed by atoms with E-state index in [0.29, 0.717) is 18.8 Å². The van der Waals surface area contributed by atoms with Gasteiger partial charge in [0.1, 0.15) is 6.04 Å². The molecule has 158 valence electrons. The number of carbonyl (C=O) groups is 2. The monoisotopic (exact) mass is 422 g/mol. The summed E-state index contributed by atoms with van der Waals surface area (Å²) in [6.45, 7) is 2.65. The fraction of sp³-hybridized carbons (Fsp3) is 0.556. The molecule has 0 radical (unpaired) electrons. The van der Waals surface area contributed by atoms with E-state index in [1.165, 1.54) is 22.9 Å². The third-order valence-electron chi connectivity index (χ3n) is 4.61. The molecular formula is C18H26ClF3N4O2. The smallest absolute Gasteiger partial charge is 0.350 e. The Kier molecular flexibility index (Phi) is 9.19. The van der Waals surface area contributed by atoms with Crippen molar-refractivity contribution in [2.45, 2.75) is 25.6 Å². The lowest BCUT2D eigenvalue weighted by atomic mass is 10.1. The van der Waals surface area contributed by atoms with Crippen molar-refractivity contribution in [2.75, 3.05) is 44.7 Å². The molecule has 2 rings (SSSR count). The van der Waals surface area contributed by atoms with Gasteiger partial charge in [0.2, 0.25) is 5.91 Å². The number of benzene rings is 1. The van der Waals surface area contributed by atoms with Gasteiger partial charge in [-0.25, -0.2) is 0 Å². The number of carbonyl (C=O) groups excluding carboxylic acids is 2. The number of hydrogen-bond acceptors (Lipinski definition) is 4. The molecular weight excluding hydrogens is 397 g/mol. The second kappa shape index (κ2) is 10.6. The van der Waals surface area contributed by atoms with E-state index in [2.05, 4.69) is 10.6 Å². The molecule has 1 saturated heterocycles. The minimum Gasteiger partial charge on any atom is -0.350 e. The van der Waals surface area contributed by atoms with Crippen LogP contribution in [-0.2, 0) is 4.79 Å². The molecule has 28 heavy (non-hydrogen) atoms. The summed E-state index contributed by atoms with van der Waals surface area (Å²) >= 11 is 0. The summed E-state index contributed by atoms with van der Waals surface area (Å²) in [5, 5.41) is 5.41. The van der Waals surface area contributed by atoms with E-state index in [1.54, 1.807) is 25.1 Å². The summed E-state index contributed by atoms with van der Waals surface area (Å²) in [5.74, 6) is -0.824. The highest BCUT2D eigenvalue weighted by atomic mass is 35.5. The minimum absolute atomic E-state index is 0. The Morgan fingerprint density at radius 2 is 1.86 bits per heavy atom. The first-order valence-electron chi connectivity index (χ1n) is 8.91. The molecule has 1 aromatic carbocycles. The molecule has 2 N–H and O–H groups in total. The molecule has 1 aliphatic rings. The molecule has 2 amide bonds. The number of alkyl halides is 3. The molecule has 6 nitrogen and oxygen atoms in total. The Morgan fingerprint density at radius 3 is 2.43 bits per heavy atom. The molecule has 10 heteroatoms. The second-order valence-corrected chi connectivity index (χ2v) is 6.38. The summed E-state index contributed by atoms with van der Waals surface area (Å²) in [6, 6.07) is 4.63. The van der Waals surface area contributed by atoms with E-state index in [4.69, 9.17) is 0 Å². The summed E-state index contributed by atoms with van der Waals surface area (Å²) in [4.78, 5) is 27.1. The van der Waals surface area contributed by atoms with Crippen molar-refractivity contribution in [1.29, 1.82) is 0 Å². The van der Waals surface area contributed by atoms with Gasteiger partial charge < -0.3 is 15.5 Å². The standard InChI is InChI=1S/C18H25F3N4O2.ClH/c1-3-16(26)24(2)14-7-5-4-6-13(14)17(27)23-12-15(18(19,20)21)25-10-8-22-9-11-25;/h4-7,15,22H,3,8-12H2,1-2H3,(H,23,27);1H. The minimum atomic E-state index is -4.45. The Balaban J connectivity index is 0.00000392. The quantitative estimate of drug-likeness (QED) is 0.736. The molecule has 0 aliphatic carbocycles. The predicted octanol–water partition coefficient (Wildman–Crippen LogP) is 2.05. The van der Waals surface area contributed by atoms with Crippen LogP contribution in [0, 0.1) is 0 Å². The van der Waals surface area contributed by atoms with Crippen LogP contribution in [0.2, 0.25) is 0 Å². The third-order valence-corrected chi connectivity index (χ3v) is 4.61. The van der Waals surface area contributed by atoms with E-state index in [-0.39, 0.29) is 43.4 Å². The molecule has 0 bridgehead atoms. The molecule has 1 aliphatic heterocycles. The molecule has 1 heterocycles. The van der Waals surface area contributed by atoms with Crippen LogP contribution in [0.25, 0.3) is 0 Å². The Hall–Kier alpha value is -1.84. The topological polar surface area (TPSA) is 64.7 Å². The van der Waals surface area contributed by atoms with Crippen LogP contribution < -0.4 is 15.5 Å². The van der Waals surface area contributed by atoms with Crippen molar-refractivity contribution in [1.82, 2.24) is 15.5 Å². The van der Waals surface area contributed by atoms with E-state index in [1.807, 2.05) is 0 Å². The fourth-order valence-electron chi connectivity index (χ4n) is 3.06. The normalized spacial score (nSPS) is 16.0. The lowest BCUT2D eigenvalue weighted by Crippen LogP contribution is -2.57. The first-order valence-corrected chi connectivity index (χ1v) is 8.91. The van der Waals surface area contributed by atoms with Crippen LogP contribution in [0.15, 0.2) is 24.3 Å². The van der Waals surface area contributed by atoms with Crippen molar-refractivity contribution < 1.29 is 22.8 Å². The number of nitrogens with zero attached hydrogens (tertiary/aromatic N) is 2. The maximum absolute atomic E-state index is 13.5. The number of nitrogens with one attached hydrogen (secondary N) is 2. The van der Waals surface area contributed by atoms with Gasteiger partial charge in [-0.15, -0.1) is 12.4 Å². The van der Waals surface area contributed by atoms with E-state index in [9.17, 15) is 22.8 Å². The molecule has 1 fully saturated rings. The zero-order chi connectivity index (χ0) is 20.0. The van der Waals surface area contributed by atoms with Crippen LogP contribution in [0.5, 0.6) is 0 Å². The first-order chi connectivity index (χ1) is 12.8. The van der Waals surface area contributed by atoms with Gasteiger partial charge in [0, 0.05) is 46.2 Å². The highest BCUT2D eigenvalue weighted by molar-refractivity contribution is 6.04. The Bertz CT molecular complexity index is 666. The third kappa shape index (κ3) is 6.08. The SMILES string of the molecule is CCC(=O)N(C)c1ccccc1C(=O)NCC(N1CCNCC1)C(F)(F)F.Cl. The van der Waals surface area contributed by atoms with Crippen molar-refractivity contribution in [3.63, 3.8) is 0 Å². The van der Waals surface area contributed by atoms with Gasteiger partial charge in [-0.3, -0.25) is 14.5 Å². The fourth-order valence-corrected chi connectivity index (χ4v) is 3.06. The first kappa shape index (κ1) is 24.2. The van der Waals surface area contributed by atoms with Gasteiger partial charge in [0.05, 0.1) is 11.3 Å². The van der Waals surface area contributed by atoms with Gasteiger partial charge in [-0.05, 0) is 12.1 Å². The van der Waals surface area contributed by atoms with Crippen LogP contribution in [0.3, 0.4) is 0 Å². The summed E-state index contributed by atoms with van der Waals surface area (Å²) < 4.78 is 40.4. The Labute approximate surface area is 168 Å². The van der Waals surface area contributed by atoms with Gasteiger partial charge >= 0.3 is 6.18 Å². The zero-order valence-electron chi connectivity index (χ0n) is 15.9. The molecule has 0 spiro atoms. The van der Waals surface area contributed by atoms with Crippen molar-refractivity contribution in [2.24, 2.45) is 0 Å². The number of amides is 2. The second-order valence-electron chi connectivity index (χ2n) is 6.38. The number of rotatable bonds is 6. The number of piperazine rings is 1. The number of para-hydroxylation sites is 1. The van der Waals surface area contributed by atoms with Gasteiger partial charge in [-0.1, -0.05) is 19.1 Å². The van der Waals surface area contributed by atoms with Crippen LogP contribution in [0.1, 0.15) is 23.7 Å². The van der Waals surface area contributed by atoms with Crippen LogP contribution in [-0.4, -0.2) is 68.7 Å². The van der Waals surface area contributed by atoms with E-state index in [0.717, 1.165) is 0 Å². The molecule has 1 aromatic rings. The van der Waals surface area contributed by atoms with Crippen LogP contribution in [0.4, 0.5) is 18.9 Å². The lowest BCUT2D eigenvalue weighted by molar-refractivity contribution is -0.183. The molecule has 0 aromatic heterocycles. The van der Waals surface area contributed by atoms with Gasteiger partial charge in [0.15, 0.2) is 0 Å². The molecule has 1 atom stereocenters. The average Bonchev–Trinajstić information content (AvgIpc) is 2.66. The highest BCUT2D eigenvalue weighted by Crippen LogP contribution is 2.25. The number of halogens is 4. The maximum Gasteiger partial charge on any atom is 0.405 e. The summed E-state index contributed by atoms with van der Waals surface area (Å²) in [6.07, 6.45) is -4.19. The predicted molar refractivity (Wildman–Crippen MR) is 104 cm³/mol. The van der Waals surface area contributed by atoms with Crippen molar-refractivity contribution in [3.05, 3.63) is 29.8 Å². The van der Waals surface area contributed by atoms with Gasteiger partial charge in [-0.2, -0.15) is 13.2 Å². The average molecular weight is 423 g/mol. The summed E-state index contributed by atoms with van der Waals surface area (Å²) in [5.41, 5.74) is 0.538. The van der Waals surface area contributed by atoms with Crippen LogP contribution >= 0.6 is 12.4 Å². The number of anilines is 1. The van der Waals surface area contributed by atoms with Gasteiger partial charge in [0.25, 0.3) is 5.91 Å². The molecule has 0 saturated carbocycles. The molecule has 1 unspecified atom stereocenters. The number of hydrogen-bond donors (Lipinski definition) is 2. The summed E-state index contributed by atoms with van der Waals surface area (Å²) in [7, 11) is 1.54. The maximum atomic E-state index is 13.5.